The van der Waals surface area contributed by atoms with Gasteiger partial charge in [-0.05, 0) is 18.8 Å². The van der Waals surface area contributed by atoms with Crippen LogP contribution in [0.4, 0.5) is 5.69 Å². The lowest BCUT2D eigenvalue weighted by Crippen LogP contribution is -2.55. The number of aliphatic imine (C=N–C) groups is 1. The van der Waals surface area contributed by atoms with Gasteiger partial charge in [-0.3, -0.25) is 14.5 Å². The molecule has 1 aliphatic heterocycles. The van der Waals surface area contributed by atoms with Gasteiger partial charge in [0.1, 0.15) is 6.54 Å². The van der Waals surface area contributed by atoms with Crippen LogP contribution in [0.1, 0.15) is 26.7 Å². The summed E-state index contributed by atoms with van der Waals surface area (Å²) in [5.74, 6) is 1.60. The van der Waals surface area contributed by atoms with E-state index >= 15 is 0 Å². The minimum Gasteiger partial charge on any atom is -0.356 e. The Hall–Kier alpha value is -2.05. The number of anilines is 1. The fourth-order valence-electron chi connectivity index (χ4n) is 2.72. The average Bonchev–Trinajstić information content (AvgIpc) is 2.93. The highest BCUT2D eigenvalue weighted by molar-refractivity contribution is 5.98. The maximum absolute atomic E-state index is 12.4. The molecule has 0 spiro atoms. The second-order valence-electron chi connectivity index (χ2n) is 6.35. The molecule has 0 aromatic carbocycles. The summed E-state index contributed by atoms with van der Waals surface area (Å²) < 4.78 is 1.71. The number of aromatic nitrogens is 2. The molecular formula is C16H28N6O. The normalized spacial score (nSPS) is 16.4. The molecule has 1 N–H and O–H groups in total. The molecule has 128 valence electrons. The van der Waals surface area contributed by atoms with Crippen molar-refractivity contribution >= 4 is 17.6 Å². The van der Waals surface area contributed by atoms with Gasteiger partial charge in [0.15, 0.2) is 5.96 Å². The monoisotopic (exact) mass is 320 g/mol. The van der Waals surface area contributed by atoms with E-state index in [9.17, 15) is 4.79 Å². The van der Waals surface area contributed by atoms with Crippen molar-refractivity contribution in [3.05, 3.63) is 12.4 Å². The Morgan fingerprint density at radius 1 is 1.43 bits per heavy atom. The summed E-state index contributed by atoms with van der Waals surface area (Å²) in [4.78, 5) is 20.5. The maximum atomic E-state index is 12.4. The molecule has 0 atom stereocenters. The molecule has 2 heterocycles. The van der Waals surface area contributed by atoms with Crippen molar-refractivity contribution in [1.29, 1.82) is 0 Å². The number of carbonyl (C=O) groups excluding carboxylic acids is 1. The van der Waals surface area contributed by atoms with E-state index in [-0.39, 0.29) is 5.91 Å². The standard InChI is InChI=1S/C16H28N6O/c1-13(2)6-5-7-18-16(17-3)21-8-9-22(15(23)12-21)14-10-19-20(4)11-14/h10-11,13H,5-9,12H2,1-4H3,(H,17,18). The average molecular weight is 320 g/mol. The molecule has 1 aromatic rings. The fraction of sp³-hybridized carbons (Fsp3) is 0.688. The topological polar surface area (TPSA) is 65.8 Å². The van der Waals surface area contributed by atoms with E-state index < -0.39 is 0 Å². The number of carbonyl (C=O) groups is 1. The third kappa shape index (κ3) is 4.71. The summed E-state index contributed by atoms with van der Waals surface area (Å²) in [6.45, 7) is 7.11. The molecule has 0 unspecified atom stereocenters. The molecule has 1 saturated heterocycles. The van der Waals surface area contributed by atoms with E-state index in [4.69, 9.17) is 0 Å². The van der Waals surface area contributed by atoms with Gasteiger partial charge in [-0.1, -0.05) is 13.8 Å². The zero-order valence-electron chi connectivity index (χ0n) is 14.6. The number of nitrogens with zero attached hydrogens (tertiary/aromatic N) is 5. The van der Waals surface area contributed by atoms with Crippen molar-refractivity contribution in [3.63, 3.8) is 0 Å². The van der Waals surface area contributed by atoms with E-state index in [1.165, 1.54) is 6.42 Å². The van der Waals surface area contributed by atoms with Crippen LogP contribution in [0.25, 0.3) is 0 Å². The van der Waals surface area contributed by atoms with Crippen molar-refractivity contribution in [2.24, 2.45) is 18.0 Å². The fourth-order valence-corrected chi connectivity index (χ4v) is 2.72. The first-order valence-corrected chi connectivity index (χ1v) is 8.26. The largest absolute Gasteiger partial charge is 0.356 e. The lowest BCUT2D eigenvalue weighted by molar-refractivity contribution is -0.120. The van der Waals surface area contributed by atoms with Crippen LogP contribution in [-0.2, 0) is 11.8 Å². The second-order valence-corrected chi connectivity index (χ2v) is 6.35. The van der Waals surface area contributed by atoms with Gasteiger partial charge < -0.3 is 15.1 Å². The van der Waals surface area contributed by atoms with Crippen molar-refractivity contribution in [1.82, 2.24) is 20.0 Å². The predicted molar refractivity (Wildman–Crippen MR) is 92.6 cm³/mol. The number of aryl methyl sites for hydroxylation is 1. The van der Waals surface area contributed by atoms with Gasteiger partial charge in [0.25, 0.3) is 0 Å². The summed E-state index contributed by atoms with van der Waals surface area (Å²) in [6.07, 6.45) is 5.90. The summed E-state index contributed by atoms with van der Waals surface area (Å²) in [5, 5.41) is 7.50. The quantitative estimate of drug-likeness (QED) is 0.501. The van der Waals surface area contributed by atoms with Gasteiger partial charge in [0.2, 0.25) is 5.91 Å². The molecule has 7 nitrogen and oxygen atoms in total. The second kappa shape index (κ2) is 7.99. The van der Waals surface area contributed by atoms with E-state index in [1.54, 1.807) is 22.8 Å². The maximum Gasteiger partial charge on any atom is 0.246 e. The molecule has 7 heteroatoms. The first kappa shape index (κ1) is 17.3. The van der Waals surface area contributed by atoms with Crippen LogP contribution in [0.15, 0.2) is 17.4 Å². The van der Waals surface area contributed by atoms with Gasteiger partial charge in [0, 0.05) is 39.9 Å². The summed E-state index contributed by atoms with van der Waals surface area (Å²) in [7, 11) is 3.62. The smallest absolute Gasteiger partial charge is 0.246 e. The highest BCUT2D eigenvalue weighted by atomic mass is 16.2. The SMILES string of the molecule is CN=C(NCCCC(C)C)N1CCN(c2cnn(C)c2)C(=O)C1. The zero-order valence-corrected chi connectivity index (χ0v) is 14.6. The van der Waals surface area contributed by atoms with Crippen LogP contribution < -0.4 is 10.2 Å². The third-order valence-electron chi connectivity index (χ3n) is 3.98. The van der Waals surface area contributed by atoms with E-state index in [0.717, 1.165) is 31.2 Å². The van der Waals surface area contributed by atoms with Crippen molar-refractivity contribution in [2.75, 3.05) is 38.1 Å². The molecule has 1 amide bonds. The van der Waals surface area contributed by atoms with Crippen LogP contribution in [0, 0.1) is 5.92 Å². The van der Waals surface area contributed by atoms with Gasteiger partial charge >= 0.3 is 0 Å². The number of piperazine rings is 1. The molecule has 0 bridgehead atoms. The Labute approximate surface area is 138 Å². The first-order valence-electron chi connectivity index (χ1n) is 8.26. The van der Waals surface area contributed by atoms with Gasteiger partial charge in [-0.25, -0.2) is 0 Å². The number of amides is 1. The third-order valence-corrected chi connectivity index (χ3v) is 3.98. The summed E-state index contributed by atoms with van der Waals surface area (Å²) >= 11 is 0. The minimum absolute atomic E-state index is 0.0781. The molecule has 1 fully saturated rings. The van der Waals surface area contributed by atoms with Crippen molar-refractivity contribution < 1.29 is 4.79 Å². The molecule has 0 saturated carbocycles. The zero-order chi connectivity index (χ0) is 16.8. The van der Waals surface area contributed by atoms with Crippen LogP contribution in [-0.4, -0.2) is 59.8 Å². The number of guanidine groups is 1. The summed E-state index contributed by atoms with van der Waals surface area (Å²) in [5.41, 5.74) is 0.858. The van der Waals surface area contributed by atoms with E-state index in [2.05, 4.69) is 29.3 Å². The van der Waals surface area contributed by atoms with Crippen molar-refractivity contribution in [2.45, 2.75) is 26.7 Å². The number of hydrogen-bond acceptors (Lipinski definition) is 3. The molecule has 0 aliphatic carbocycles. The Balaban J connectivity index is 1.86. The van der Waals surface area contributed by atoms with Crippen molar-refractivity contribution in [3.8, 4) is 0 Å². The van der Waals surface area contributed by atoms with E-state index in [0.29, 0.717) is 19.0 Å². The molecular weight excluding hydrogens is 292 g/mol. The van der Waals surface area contributed by atoms with E-state index in [1.807, 2.05) is 18.1 Å². The lowest BCUT2D eigenvalue weighted by Gasteiger charge is -2.35. The number of nitrogens with one attached hydrogen (secondary N) is 1. The van der Waals surface area contributed by atoms with Gasteiger partial charge in [-0.15, -0.1) is 0 Å². The first-order chi connectivity index (χ1) is 11.0. The van der Waals surface area contributed by atoms with Crippen LogP contribution in [0.5, 0.6) is 0 Å². The van der Waals surface area contributed by atoms with Crippen LogP contribution in [0.2, 0.25) is 0 Å². The van der Waals surface area contributed by atoms with Gasteiger partial charge in [-0.2, -0.15) is 5.10 Å². The Bertz CT molecular complexity index is 551. The lowest BCUT2D eigenvalue weighted by atomic mass is 10.1. The highest BCUT2D eigenvalue weighted by Gasteiger charge is 2.27. The Kier molecular flexibility index (Phi) is 6.01. The molecule has 23 heavy (non-hydrogen) atoms. The highest BCUT2D eigenvalue weighted by Crippen LogP contribution is 2.16. The molecule has 1 aromatic heterocycles. The van der Waals surface area contributed by atoms with Crippen LogP contribution in [0.3, 0.4) is 0 Å². The predicted octanol–water partition coefficient (Wildman–Crippen LogP) is 1.08. The number of rotatable bonds is 5. The minimum atomic E-state index is 0.0781. The van der Waals surface area contributed by atoms with Crippen LogP contribution >= 0.6 is 0 Å². The molecule has 2 rings (SSSR count). The Morgan fingerprint density at radius 2 is 2.22 bits per heavy atom. The Morgan fingerprint density at radius 3 is 2.78 bits per heavy atom. The summed E-state index contributed by atoms with van der Waals surface area (Å²) in [6, 6.07) is 0. The molecule has 0 radical (unpaired) electrons. The molecule has 1 aliphatic rings. The number of hydrogen-bond donors (Lipinski definition) is 1. The van der Waals surface area contributed by atoms with Gasteiger partial charge in [0.05, 0.1) is 11.9 Å².